The Bertz CT molecular complexity index is 11.6. The molecular formula is C3H10SSn. The van der Waals surface area contributed by atoms with Gasteiger partial charge < -0.3 is 13.5 Å². The van der Waals surface area contributed by atoms with Gasteiger partial charge in [-0.3, -0.25) is 0 Å². The molecule has 0 heterocycles. The van der Waals surface area contributed by atoms with E-state index in [2.05, 4.69) is 14.8 Å². The predicted octanol–water partition coefficient (Wildman–Crippen LogP) is 1.10. The van der Waals surface area contributed by atoms with Crippen LogP contribution in [0.15, 0.2) is 0 Å². The molecule has 5 heavy (non-hydrogen) atoms. The summed E-state index contributed by atoms with van der Waals surface area (Å²) in [6.45, 7) is 0. The standard InChI is InChI=1S/3CH3.H2S.Sn/h3*1H3;1H2;/q;;;;+1/p-1. The molecule has 0 aromatic carbocycles. The zero-order valence-electron chi connectivity index (χ0n) is 3.95. The van der Waals surface area contributed by atoms with Crippen LogP contribution >= 0.6 is 0 Å². The maximum Gasteiger partial charge on any atom is -0.813 e. The maximum atomic E-state index is 2.36. The fourth-order valence-corrected chi connectivity index (χ4v) is 0. The molecule has 0 amide bonds. The maximum absolute atomic E-state index is 2.36. The van der Waals surface area contributed by atoms with Gasteiger partial charge in [0.15, 0.2) is 0 Å². The van der Waals surface area contributed by atoms with Gasteiger partial charge in [-0.1, -0.05) is 0 Å². The molecule has 0 aromatic rings. The Kier molecular flexibility index (Phi) is 9.75. The van der Waals surface area contributed by atoms with Crippen LogP contribution in [0.5, 0.6) is 0 Å². The van der Waals surface area contributed by atoms with Crippen LogP contribution in [0.2, 0.25) is 14.8 Å². The minimum Gasteiger partial charge on any atom is -0.813 e. The van der Waals surface area contributed by atoms with Gasteiger partial charge in [0.1, 0.15) is 0 Å². The van der Waals surface area contributed by atoms with E-state index in [1.54, 1.807) is 0 Å². The predicted molar refractivity (Wildman–Crippen MR) is 32.1 cm³/mol. The second-order valence-electron chi connectivity index (χ2n) is 1.50. The summed E-state index contributed by atoms with van der Waals surface area (Å²) >= 11 is -0.543. The average Bonchev–Trinajstić information content (AvgIpc) is 0.811. The van der Waals surface area contributed by atoms with E-state index in [1.165, 1.54) is 0 Å². The molecule has 0 unspecified atom stereocenters. The van der Waals surface area contributed by atoms with Gasteiger partial charge in [-0.15, -0.1) is 0 Å². The zero-order chi connectivity index (χ0) is 3.58. The molecular weight excluding hydrogens is 187 g/mol. The van der Waals surface area contributed by atoms with Crippen molar-refractivity contribution >= 4 is 33.3 Å². The molecule has 0 aliphatic heterocycles. The van der Waals surface area contributed by atoms with Crippen LogP contribution in [-0.2, 0) is 13.5 Å². The summed E-state index contributed by atoms with van der Waals surface area (Å²) in [4.78, 5) is 7.09. The van der Waals surface area contributed by atoms with Gasteiger partial charge in [0.25, 0.3) is 0 Å². The fourth-order valence-electron chi connectivity index (χ4n) is 0. The second-order valence-corrected chi connectivity index (χ2v) is 10.1. The quantitative estimate of drug-likeness (QED) is 0.318. The van der Waals surface area contributed by atoms with Crippen molar-refractivity contribution in [2.75, 3.05) is 0 Å². The minimum atomic E-state index is -0.543. The van der Waals surface area contributed by atoms with Crippen molar-refractivity contribution in [1.29, 1.82) is 0 Å². The molecule has 0 N–H and O–H groups in total. The molecule has 0 spiro atoms. The molecule has 0 rings (SSSR count). The molecule has 0 aromatic heterocycles. The van der Waals surface area contributed by atoms with E-state index < -0.39 is 19.8 Å². The van der Waals surface area contributed by atoms with Gasteiger partial charge in [-0.25, -0.2) is 0 Å². The van der Waals surface area contributed by atoms with Crippen molar-refractivity contribution < 1.29 is 0 Å². The molecule has 0 nitrogen and oxygen atoms in total. The van der Waals surface area contributed by atoms with Crippen molar-refractivity contribution in [3.63, 3.8) is 0 Å². The topological polar surface area (TPSA) is 0 Å². The SMILES string of the molecule is [CH3][Sn+]([CH3])[CH3].[SH-]. The van der Waals surface area contributed by atoms with Crippen molar-refractivity contribution in [2.24, 2.45) is 0 Å². The van der Waals surface area contributed by atoms with E-state index in [0.29, 0.717) is 0 Å². The number of rotatable bonds is 0. The van der Waals surface area contributed by atoms with E-state index in [4.69, 9.17) is 0 Å². The number of hydrogen-bond acceptors (Lipinski definition) is 1. The molecule has 32 valence electrons. The first-order valence-electron chi connectivity index (χ1n) is 1.50. The van der Waals surface area contributed by atoms with Gasteiger partial charge in [-0.05, 0) is 0 Å². The zero-order valence-corrected chi connectivity index (χ0v) is 7.70. The van der Waals surface area contributed by atoms with Crippen LogP contribution in [0.4, 0.5) is 0 Å². The fraction of sp³-hybridized carbons (Fsp3) is 1.00. The van der Waals surface area contributed by atoms with E-state index in [0.717, 1.165) is 0 Å². The monoisotopic (exact) mass is 198 g/mol. The van der Waals surface area contributed by atoms with Gasteiger partial charge in [0, 0.05) is 0 Å². The van der Waals surface area contributed by atoms with E-state index >= 15 is 0 Å². The molecule has 0 radical (unpaired) electrons. The smallest absolute Gasteiger partial charge is 0.813 e. The third-order valence-corrected chi connectivity index (χ3v) is 0. The third-order valence-electron chi connectivity index (χ3n) is 0. The summed E-state index contributed by atoms with van der Waals surface area (Å²) in [7, 11) is 0. The summed E-state index contributed by atoms with van der Waals surface area (Å²) in [5, 5.41) is 0. The summed E-state index contributed by atoms with van der Waals surface area (Å²) < 4.78 is 0. The molecule has 2 heteroatoms. The summed E-state index contributed by atoms with van der Waals surface area (Å²) in [6.07, 6.45) is 0. The Balaban J connectivity index is 0. The second kappa shape index (κ2) is 5.15. The molecule has 0 fully saturated rings. The molecule has 0 atom stereocenters. The molecule has 0 saturated heterocycles. The van der Waals surface area contributed by atoms with Crippen LogP contribution in [0, 0.1) is 0 Å². The molecule has 0 bridgehead atoms. The Morgan fingerprint density at radius 1 is 1.00 bits per heavy atom. The largest absolute Gasteiger partial charge is 0.813 e. The van der Waals surface area contributed by atoms with Crippen LogP contribution in [0.3, 0.4) is 0 Å². The Morgan fingerprint density at radius 3 is 1.00 bits per heavy atom. The van der Waals surface area contributed by atoms with Crippen LogP contribution in [0.25, 0.3) is 0 Å². The van der Waals surface area contributed by atoms with Crippen LogP contribution in [0.1, 0.15) is 0 Å². The van der Waals surface area contributed by atoms with Crippen molar-refractivity contribution in [2.45, 2.75) is 14.8 Å². The Morgan fingerprint density at radius 2 is 1.00 bits per heavy atom. The molecule has 0 aliphatic rings. The van der Waals surface area contributed by atoms with Crippen molar-refractivity contribution in [1.82, 2.24) is 0 Å². The first-order valence-corrected chi connectivity index (χ1v) is 10.1. The summed E-state index contributed by atoms with van der Waals surface area (Å²) in [5.41, 5.74) is 0. The number of thiol groups is 1. The van der Waals surface area contributed by atoms with Gasteiger partial charge in [-0.2, -0.15) is 0 Å². The minimum absolute atomic E-state index is 0. The van der Waals surface area contributed by atoms with E-state index in [9.17, 15) is 0 Å². The van der Waals surface area contributed by atoms with E-state index in [-0.39, 0.29) is 13.5 Å². The van der Waals surface area contributed by atoms with Crippen molar-refractivity contribution in [3.05, 3.63) is 0 Å². The Labute approximate surface area is 48.1 Å². The average molecular weight is 197 g/mol. The van der Waals surface area contributed by atoms with Crippen molar-refractivity contribution in [3.8, 4) is 0 Å². The van der Waals surface area contributed by atoms with E-state index in [1.807, 2.05) is 0 Å². The van der Waals surface area contributed by atoms with Gasteiger partial charge in [0.05, 0.1) is 0 Å². The van der Waals surface area contributed by atoms with Crippen LogP contribution < -0.4 is 0 Å². The summed E-state index contributed by atoms with van der Waals surface area (Å²) in [5.74, 6) is 0. The normalized spacial score (nSPS) is 5.40. The summed E-state index contributed by atoms with van der Waals surface area (Å²) in [6, 6.07) is 0. The van der Waals surface area contributed by atoms with Gasteiger partial charge >= 0.3 is 34.6 Å². The molecule has 0 saturated carbocycles. The van der Waals surface area contributed by atoms with Crippen LogP contribution in [-0.4, -0.2) is 19.8 Å². The first kappa shape index (κ1) is 9.47. The number of hydrogen-bond donors (Lipinski definition) is 0. The molecule has 0 aliphatic carbocycles. The Hall–Kier alpha value is 1.15. The third kappa shape index (κ3) is 38.7. The van der Waals surface area contributed by atoms with Gasteiger partial charge in [0.2, 0.25) is 0 Å². The first-order chi connectivity index (χ1) is 1.73.